The number of nitrogens with zero attached hydrogens (tertiary/aromatic N) is 2. The molecule has 1 amide bonds. The third kappa shape index (κ3) is 3.92. The molecule has 0 atom stereocenters. The van der Waals surface area contributed by atoms with Gasteiger partial charge in [-0.15, -0.1) is 0 Å². The standard InChI is InChI=1S/C21H15ClN2O5S/c1-2-28-19(26)11-24-14-8-7-12(22)9-18(14)30-21(24)23-20(27)17-10-15(25)13-5-3-4-6-16(13)29-17/h3-10H,2,11H2,1H3. The van der Waals surface area contributed by atoms with Gasteiger partial charge in [-0.3, -0.25) is 14.4 Å². The first-order valence-electron chi connectivity index (χ1n) is 9.02. The first kappa shape index (κ1) is 20.1. The molecule has 0 aliphatic rings. The summed E-state index contributed by atoms with van der Waals surface area (Å²) in [5.41, 5.74) is 0.646. The first-order valence-corrected chi connectivity index (χ1v) is 10.2. The molecule has 0 saturated heterocycles. The average molecular weight is 443 g/mol. The van der Waals surface area contributed by atoms with Crippen LogP contribution in [0.1, 0.15) is 17.5 Å². The van der Waals surface area contributed by atoms with Gasteiger partial charge in [-0.2, -0.15) is 4.99 Å². The van der Waals surface area contributed by atoms with Crippen molar-refractivity contribution in [1.29, 1.82) is 0 Å². The summed E-state index contributed by atoms with van der Waals surface area (Å²) in [6.45, 7) is 1.83. The number of fused-ring (bicyclic) bond motifs is 2. The van der Waals surface area contributed by atoms with Crippen LogP contribution in [0.2, 0.25) is 5.02 Å². The number of hydrogen-bond acceptors (Lipinski definition) is 6. The molecule has 7 nitrogen and oxygen atoms in total. The Morgan fingerprint density at radius 3 is 2.80 bits per heavy atom. The number of benzene rings is 2. The summed E-state index contributed by atoms with van der Waals surface area (Å²) in [5, 5.41) is 0.897. The number of rotatable bonds is 4. The van der Waals surface area contributed by atoms with Crippen molar-refractivity contribution in [3.8, 4) is 0 Å². The van der Waals surface area contributed by atoms with Gasteiger partial charge in [0.1, 0.15) is 12.1 Å². The van der Waals surface area contributed by atoms with Crippen LogP contribution in [0.25, 0.3) is 21.2 Å². The molecule has 0 spiro atoms. The highest BCUT2D eigenvalue weighted by atomic mass is 35.5. The van der Waals surface area contributed by atoms with Gasteiger partial charge in [0, 0.05) is 11.1 Å². The number of carbonyl (C=O) groups is 2. The van der Waals surface area contributed by atoms with Crippen LogP contribution in [0.4, 0.5) is 0 Å². The summed E-state index contributed by atoms with van der Waals surface area (Å²) >= 11 is 7.26. The summed E-state index contributed by atoms with van der Waals surface area (Å²) in [4.78, 5) is 41.5. The van der Waals surface area contributed by atoms with Gasteiger partial charge >= 0.3 is 11.9 Å². The normalized spacial score (nSPS) is 11.9. The Hall–Kier alpha value is -3.23. The highest BCUT2D eigenvalue weighted by Gasteiger charge is 2.15. The van der Waals surface area contributed by atoms with Gasteiger partial charge in [-0.25, -0.2) is 0 Å². The molecule has 0 aliphatic heterocycles. The van der Waals surface area contributed by atoms with E-state index in [-0.39, 0.29) is 29.1 Å². The molecule has 30 heavy (non-hydrogen) atoms. The van der Waals surface area contributed by atoms with E-state index in [1.807, 2.05) is 0 Å². The van der Waals surface area contributed by atoms with Crippen LogP contribution in [0.3, 0.4) is 0 Å². The van der Waals surface area contributed by atoms with E-state index in [9.17, 15) is 14.4 Å². The topological polar surface area (TPSA) is 90.9 Å². The zero-order valence-corrected chi connectivity index (χ0v) is 17.3. The number of esters is 1. The maximum absolute atomic E-state index is 12.8. The number of carbonyl (C=O) groups excluding carboxylic acids is 2. The van der Waals surface area contributed by atoms with Crippen molar-refractivity contribution in [2.45, 2.75) is 13.5 Å². The van der Waals surface area contributed by atoms with Gasteiger partial charge in [-0.1, -0.05) is 35.1 Å². The van der Waals surface area contributed by atoms with Crippen molar-refractivity contribution in [2.75, 3.05) is 6.61 Å². The lowest BCUT2D eigenvalue weighted by Crippen LogP contribution is -2.23. The van der Waals surface area contributed by atoms with E-state index in [1.165, 1.54) is 11.3 Å². The largest absolute Gasteiger partial charge is 0.465 e. The number of aromatic nitrogens is 1. The predicted molar refractivity (Wildman–Crippen MR) is 114 cm³/mol. The molecule has 0 aliphatic carbocycles. The molecule has 2 aromatic heterocycles. The Labute approximate surface area is 178 Å². The summed E-state index contributed by atoms with van der Waals surface area (Å²) < 4.78 is 12.9. The van der Waals surface area contributed by atoms with Gasteiger partial charge in [0.2, 0.25) is 0 Å². The van der Waals surface area contributed by atoms with Crippen LogP contribution in [-0.2, 0) is 16.1 Å². The number of amides is 1. The van der Waals surface area contributed by atoms with Crippen molar-refractivity contribution in [3.63, 3.8) is 0 Å². The summed E-state index contributed by atoms with van der Waals surface area (Å²) in [6, 6.07) is 12.9. The highest BCUT2D eigenvalue weighted by molar-refractivity contribution is 7.16. The van der Waals surface area contributed by atoms with E-state index in [2.05, 4.69) is 4.99 Å². The fourth-order valence-corrected chi connectivity index (χ4v) is 4.28. The molecule has 4 aromatic rings. The lowest BCUT2D eigenvalue weighted by Gasteiger charge is -2.05. The molecule has 9 heteroatoms. The fourth-order valence-electron chi connectivity index (χ4n) is 2.97. The minimum atomic E-state index is -0.729. The second-order valence-electron chi connectivity index (χ2n) is 6.28. The second kappa shape index (κ2) is 8.25. The zero-order chi connectivity index (χ0) is 21.3. The van der Waals surface area contributed by atoms with E-state index < -0.39 is 11.9 Å². The van der Waals surface area contributed by atoms with Crippen molar-refractivity contribution >= 4 is 56.0 Å². The van der Waals surface area contributed by atoms with Gasteiger partial charge in [0.25, 0.3) is 0 Å². The Morgan fingerprint density at radius 2 is 2.00 bits per heavy atom. The second-order valence-corrected chi connectivity index (χ2v) is 7.72. The van der Waals surface area contributed by atoms with Crippen LogP contribution in [-0.4, -0.2) is 23.1 Å². The number of halogens is 1. The Kier molecular flexibility index (Phi) is 5.52. The third-order valence-electron chi connectivity index (χ3n) is 4.28. The molecule has 0 N–H and O–H groups in total. The van der Waals surface area contributed by atoms with Crippen LogP contribution in [0.15, 0.2) is 62.7 Å². The van der Waals surface area contributed by atoms with Gasteiger partial charge in [0.15, 0.2) is 16.0 Å². The van der Waals surface area contributed by atoms with E-state index >= 15 is 0 Å². The first-order chi connectivity index (χ1) is 14.5. The maximum atomic E-state index is 12.8. The monoisotopic (exact) mass is 442 g/mol. The van der Waals surface area contributed by atoms with Gasteiger partial charge < -0.3 is 13.7 Å². The summed E-state index contributed by atoms with van der Waals surface area (Å²) in [6.07, 6.45) is 0. The molecule has 2 aromatic carbocycles. The number of ether oxygens (including phenoxy) is 1. The highest BCUT2D eigenvalue weighted by Crippen LogP contribution is 2.22. The minimum Gasteiger partial charge on any atom is -0.465 e. The van der Waals surface area contributed by atoms with E-state index in [4.69, 9.17) is 20.8 Å². The minimum absolute atomic E-state index is 0.122. The Bertz CT molecular complexity index is 1420. The van der Waals surface area contributed by atoms with Crippen LogP contribution < -0.4 is 10.2 Å². The predicted octanol–water partition coefficient (Wildman–Crippen LogP) is 3.77. The van der Waals surface area contributed by atoms with Crippen molar-refractivity contribution in [3.05, 3.63) is 74.3 Å². The third-order valence-corrected chi connectivity index (χ3v) is 5.56. The quantitative estimate of drug-likeness (QED) is 0.449. The number of para-hydroxylation sites is 1. The molecule has 0 unspecified atom stereocenters. The van der Waals surface area contributed by atoms with Gasteiger partial charge in [-0.05, 0) is 37.3 Å². The Morgan fingerprint density at radius 1 is 1.20 bits per heavy atom. The molecule has 2 heterocycles. The van der Waals surface area contributed by atoms with Crippen LogP contribution in [0.5, 0.6) is 0 Å². The van der Waals surface area contributed by atoms with E-state index in [0.29, 0.717) is 21.5 Å². The van der Waals surface area contributed by atoms with Crippen molar-refractivity contribution in [1.82, 2.24) is 4.57 Å². The molecule has 4 rings (SSSR count). The molecule has 152 valence electrons. The van der Waals surface area contributed by atoms with Crippen LogP contribution >= 0.6 is 22.9 Å². The maximum Gasteiger partial charge on any atom is 0.326 e. The molecule has 0 bridgehead atoms. The lowest BCUT2D eigenvalue weighted by molar-refractivity contribution is -0.143. The smallest absolute Gasteiger partial charge is 0.326 e. The summed E-state index contributed by atoms with van der Waals surface area (Å²) in [7, 11) is 0. The molecular weight excluding hydrogens is 428 g/mol. The fraction of sp³-hybridized carbons (Fsp3) is 0.143. The number of thiazole rings is 1. The van der Waals surface area contributed by atoms with E-state index in [0.717, 1.165) is 10.8 Å². The molecule has 0 fully saturated rings. The van der Waals surface area contributed by atoms with Crippen molar-refractivity contribution in [2.24, 2.45) is 4.99 Å². The Balaban J connectivity index is 1.84. The van der Waals surface area contributed by atoms with Gasteiger partial charge in [0.05, 0.1) is 22.2 Å². The average Bonchev–Trinajstić information content (AvgIpc) is 3.04. The van der Waals surface area contributed by atoms with Crippen LogP contribution in [0, 0.1) is 0 Å². The summed E-state index contributed by atoms with van der Waals surface area (Å²) in [5.74, 6) is -1.37. The molecule has 0 saturated carbocycles. The zero-order valence-electron chi connectivity index (χ0n) is 15.8. The molecule has 0 radical (unpaired) electrons. The lowest BCUT2D eigenvalue weighted by atomic mass is 10.2. The molecular formula is C21H15ClN2O5S. The SMILES string of the molecule is CCOC(=O)Cn1c(=NC(=O)c2cc(=O)c3ccccc3o2)sc2cc(Cl)ccc21. The van der Waals surface area contributed by atoms with Crippen molar-refractivity contribution < 1.29 is 18.7 Å². The number of hydrogen-bond donors (Lipinski definition) is 0. The van der Waals surface area contributed by atoms with E-state index in [1.54, 1.807) is 54.0 Å².